The van der Waals surface area contributed by atoms with Crippen LogP contribution in [0.3, 0.4) is 0 Å². The molecule has 0 aliphatic heterocycles. The summed E-state index contributed by atoms with van der Waals surface area (Å²) >= 11 is 0. The van der Waals surface area contributed by atoms with Crippen LogP contribution in [0.1, 0.15) is 36.8 Å². The van der Waals surface area contributed by atoms with Crippen LogP contribution in [0.2, 0.25) is 0 Å². The Hall–Kier alpha value is -2.13. The van der Waals surface area contributed by atoms with Gasteiger partial charge < -0.3 is 4.74 Å². The molecule has 0 unspecified atom stereocenters. The summed E-state index contributed by atoms with van der Waals surface area (Å²) < 4.78 is 3.86. The molecule has 0 spiro atoms. The van der Waals surface area contributed by atoms with Crippen LogP contribution in [-0.4, -0.2) is 24.5 Å². The van der Waals surface area contributed by atoms with Crippen molar-refractivity contribution in [1.82, 2.24) is 4.90 Å². The van der Waals surface area contributed by atoms with E-state index in [0.29, 0.717) is 6.47 Å². The summed E-state index contributed by atoms with van der Waals surface area (Å²) in [6.45, 7) is 2.51. The van der Waals surface area contributed by atoms with Gasteiger partial charge in [-0.25, -0.2) is 0 Å². The van der Waals surface area contributed by atoms with Crippen LogP contribution in [-0.2, 0) is 22.6 Å². The summed E-state index contributed by atoms with van der Waals surface area (Å²) in [5.74, 6) is 0. The van der Waals surface area contributed by atoms with Gasteiger partial charge in [-0.3, -0.25) is 9.69 Å². The SMILES string of the molecule is COC=O.c1ccc(CN(Cc2ccccc2)C2CCCC2)cc1. The molecule has 24 heavy (non-hydrogen) atoms. The number of hydrogen-bond acceptors (Lipinski definition) is 3. The van der Waals surface area contributed by atoms with E-state index in [1.807, 2.05) is 0 Å². The van der Waals surface area contributed by atoms with Crippen molar-refractivity contribution in [3.8, 4) is 0 Å². The lowest BCUT2D eigenvalue weighted by molar-refractivity contribution is -0.126. The van der Waals surface area contributed by atoms with E-state index in [1.165, 1.54) is 43.9 Å². The van der Waals surface area contributed by atoms with Gasteiger partial charge in [-0.1, -0.05) is 73.5 Å². The third-order valence-electron chi connectivity index (χ3n) is 4.39. The average Bonchev–Trinajstić information content (AvgIpc) is 3.18. The Balaban J connectivity index is 0.000000471. The van der Waals surface area contributed by atoms with Crippen molar-refractivity contribution in [2.75, 3.05) is 7.11 Å². The van der Waals surface area contributed by atoms with Gasteiger partial charge in [-0.15, -0.1) is 0 Å². The van der Waals surface area contributed by atoms with E-state index in [9.17, 15) is 0 Å². The van der Waals surface area contributed by atoms with Gasteiger partial charge in [0.25, 0.3) is 6.47 Å². The zero-order valence-corrected chi connectivity index (χ0v) is 14.4. The highest BCUT2D eigenvalue weighted by Gasteiger charge is 2.22. The summed E-state index contributed by atoms with van der Waals surface area (Å²) in [6.07, 6.45) is 5.51. The Morgan fingerprint density at radius 2 is 1.33 bits per heavy atom. The van der Waals surface area contributed by atoms with Crippen molar-refractivity contribution < 1.29 is 9.53 Å². The first-order valence-corrected chi connectivity index (χ1v) is 8.62. The van der Waals surface area contributed by atoms with Crippen molar-refractivity contribution in [3.63, 3.8) is 0 Å². The number of carbonyl (C=O) groups excluding carboxylic acids is 1. The number of ether oxygens (including phenoxy) is 1. The van der Waals surface area contributed by atoms with Gasteiger partial charge in [0.2, 0.25) is 0 Å². The van der Waals surface area contributed by atoms with Crippen molar-refractivity contribution in [2.45, 2.75) is 44.8 Å². The van der Waals surface area contributed by atoms with Crippen LogP contribution in [0.4, 0.5) is 0 Å². The molecule has 0 bridgehead atoms. The lowest BCUT2D eigenvalue weighted by Gasteiger charge is -2.29. The predicted octanol–water partition coefficient (Wildman–Crippen LogP) is 4.42. The van der Waals surface area contributed by atoms with E-state index in [4.69, 9.17) is 4.79 Å². The number of benzene rings is 2. The molecule has 2 aromatic carbocycles. The van der Waals surface area contributed by atoms with Crippen molar-refractivity contribution in [3.05, 3.63) is 71.8 Å². The zero-order chi connectivity index (χ0) is 17.0. The molecule has 0 aromatic heterocycles. The molecule has 0 amide bonds. The molecule has 3 heteroatoms. The molecule has 0 heterocycles. The highest BCUT2D eigenvalue weighted by molar-refractivity contribution is 5.36. The Morgan fingerprint density at radius 1 is 0.917 bits per heavy atom. The standard InChI is InChI=1S/C19H23N.C2H4O2/c1-3-9-17(10-4-1)15-20(19-13-7-8-14-19)16-18-11-5-2-6-12-18;1-4-2-3/h1-6,9-12,19H,7-8,13-16H2;2H,1H3. The molecule has 2 aromatic rings. The summed E-state index contributed by atoms with van der Waals surface area (Å²) in [4.78, 5) is 11.6. The largest absolute Gasteiger partial charge is 0.471 e. The normalized spacial score (nSPS) is 14.1. The molecule has 3 nitrogen and oxygen atoms in total. The molecule has 1 saturated carbocycles. The summed E-state index contributed by atoms with van der Waals surface area (Å²) in [6, 6.07) is 22.5. The molecule has 1 aliphatic carbocycles. The van der Waals surface area contributed by atoms with E-state index >= 15 is 0 Å². The van der Waals surface area contributed by atoms with Crippen LogP contribution in [0.5, 0.6) is 0 Å². The quantitative estimate of drug-likeness (QED) is 0.736. The first-order valence-electron chi connectivity index (χ1n) is 8.62. The van der Waals surface area contributed by atoms with Crippen LogP contribution in [0, 0.1) is 0 Å². The molecule has 0 N–H and O–H groups in total. The summed E-state index contributed by atoms with van der Waals surface area (Å²) in [5.41, 5.74) is 2.85. The molecule has 1 aliphatic rings. The minimum absolute atomic E-state index is 0.375. The Morgan fingerprint density at radius 3 is 1.71 bits per heavy atom. The Labute approximate surface area is 145 Å². The van der Waals surface area contributed by atoms with E-state index in [2.05, 4.69) is 70.3 Å². The maximum atomic E-state index is 8.95. The third-order valence-corrected chi connectivity index (χ3v) is 4.39. The zero-order valence-electron chi connectivity index (χ0n) is 14.4. The van der Waals surface area contributed by atoms with E-state index in [0.717, 1.165) is 19.1 Å². The highest BCUT2D eigenvalue weighted by Crippen LogP contribution is 2.26. The van der Waals surface area contributed by atoms with Gasteiger partial charge >= 0.3 is 0 Å². The third kappa shape index (κ3) is 6.17. The number of carbonyl (C=O) groups is 1. The first kappa shape index (κ1) is 18.2. The lowest BCUT2D eigenvalue weighted by atomic mass is 10.1. The molecule has 0 saturated heterocycles. The highest BCUT2D eigenvalue weighted by atomic mass is 16.5. The topological polar surface area (TPSA) is 29.5 Å². The fraction of sp³-hybridized carbons (Fsp3) is 0.381. The molecule has 0 atom stereocenters. The second kappa shape index (κ2) is 10.6. The fourth-order valence-electron chi connectivity index (χ4n) is 3.22. The van der Waals surface area contributed by atoms with Crippen LogP contribution in [0.25, 0.3) is 0 Å². The van der Waals surface area contributed by atoms with Gasteiger partial charge in [0, 0.05) is 19.1 Å². The molecule has 128 valence electrons. The number of rotatable bonds is 6. The molecular weight excluding hydrogens is 298 g/mol. The molecule has 3 rings (SSSR count). The van der Waals surface area contributed by atoms with Crippen LogP contribution >= 0.6 is 0 Å². The van der Waals surface area contributed by atoms with Crippen molar-refractivity contribution in [1.29, 1.82) is 0 Å². The van der Waals surface area contributed by atoms with Crippen molar-refractivity contribution in [2.24, 2.45) is 0 Å². The minimum atomic E-state index is 0.375. The van der Waals surface area contributed by atoms with Crippen LogP contribution in [0.15, 0.2) is 60.7 Å². The summed E-state index contributed by atoms with van der Waals surface area (Å²) in [5, 5.41) is 0. The van der Waals surface area contributed by atoms with E-state index in [-0.39, 0.29) is 0 Å². The first-order chi connectivity index (χ1) is 11.8. The average molecular weight is 325 g/mol. The molecule has 1 fully saturated rings. The number of nitrogens with zero attached hydrogens (tertiary/aromatic N) is 1. The number of methoxy groups -OCH3 is 1. The van der Waals surface area contributed by atoms with Crippen molar-refractivity contribution >= 4 is 6.47 Å². The van der Waals surface area contributed by atoms with Gasteiger partial charge in [0.15, 0.2) is 0 Å². The second-order valence-electron chi connectivity index (χ2n) is 6.15. The summed E-state index contributed by atoms with van der Waals surface area (Å²) in [7, 11) is 1.31. The molecular formula is C21H27NO2. The van der Waals surface area contributed by atoms with Gasteiger partial charge in [0.05, 0.1) is 7.11 Å². The second-order valence-corrected chi connectivity index (χ2v) is 6.15. The van der Waals surface area contributed by atoms with Gasteiger partial charge in [0.1, 0.15) is 0 Å². The monoisotopic (exact) mass is 325 g/mol. The maximum absolute atomic E-state index is 8.95. The number of hydrogen-bond donors (Lipinski definition) is 0. The van der Waals surface area contributed by atoms with Gasteiger partial charge in [-0.05, 0) is 24.0 Å². The Kier molecular flexibility index (Phi) is 8.05. The molecule has 0 radical (unpaired) electrons. The maximum Gasteiger partial charge on any atom is 0.292 e. The Bertz CT molecular complexity index is 523. The minimum Gasteiger partial charge on any atom is -0.471 e. The lowest BCUT2D eigenvalue weighted by Crippen LogP contribution is -2.32. The smallest absolute Gasteiger partial charge is 0.292 e. The van der Waals surface area contributed by atoms with Crippen LogP contribution < -0.4 is 0 Å². The predicted molar refractivity (Wildman–Crippen MR) is 97.5 cm³/mol. The fourth-order valence-corrected chi connectivity index (χ4v) is 3.22. The van der Waals surface area contributed by atoms with Gasteiger partial charge in [-0.2, -0.15) is 0 Å². The van der Waals surface area contributed by atoms with E-state index < -0.39 is 0 Å². The van der Waals surface area contributed by atoms with E-state index in [1.54, 1.807) is 0 Å².